The van der Waals surface area contributed by atoms with Crippen LogP contribution in [0.25, 0.3) is 0 Å². The molecule has 0 saturated carbocycles. The second kappa shape index (κ2) is 8.12. The van der Waals surface area contributed by atoms with Gasteiger partial charge in [-0.25, -0.2) is 4.39 Å². The smallest absolute Gasteiger partial charge is 0.238 e. The van der Waals surface area contributed by atoms with Gasteiger partial charge in [-0.15, -0.1) is 0 Å². The molecule has 25 heavy (non-hydrogen) atoms. The minimum absolute atomic E-state index is 0.0868. The number of halogens is 1. The summed E-state index contributed by atoms with van der Waals surface area (Å²) in [5.41, 5.74) is 1.14. The van der Waals surface area contributed by atoms with Crippen LogP contribution in [-0.4, -0.2) is 93.6 Å². The number of anilines is 2. The summed E-state index contributed by atoms with van der Waals surface area (Å²) in [7, 11) is 4.16. The van der Waals surface area contributed by atoms with Crippen LogP contribution in [0.2, 0.25) is 0 Å². The van der Waals surface area contributed by atoms with Crippen molar-refractivity contribution >= 4 is 17.3 Å². The number of hydrogen-bond donors (Lipinski definition) is 1. The molecule has 7 heteroatoms. The molecule has 0 radical (unpaired) electrons. The standard InChI is InChI=1S/C18H28FN5O/c1-21-5-9-23(10-6-21)14-18(25)20-15-3-4-17(16(19)13-15)24-11-7-22(2)8-12-24/h3-4,13H,5-12,14H2,1-2H3,(H,20,25). The van der Waals surface area contributed by atoms with Crippen molar-refractivity contribution in [3.63, 3.8) is 0 Å². The molecule has 3 rings (SSSR count). The zero-order valence-corrected chi connectivity index (χ0v) is 15.2. The molecule has 0 unspecified atom stereocenters. The number of piperazine rings is 2. The zero-order chi connectivity index (χ0) is 17.8. The largest absolute Gasteiger partial charge is 0.367 e. The lowest BCUT2D eigenvalue weighted by Gasteiger charge is -2.34. The van der Waals surface area contributed by atoms with Crippen LogP contribution < -0.4 is 10.2 Å². The van der Waals surface area contributed by atoms with Crippen molar-refractivity contribution in [1.29, 1.82) is 0 Å². The summed E-state index contributed by atoms with van der Waals surface area (Å²) in [4.78, 5) is 20.9. The monoisotopic (exact) mass is 349 g/mol. The van der Waals surface area contributed by atoms with Crippen molar-refractivity contribution < 1.29 is 9.18 Å². The van der Waals surface area contributed by atoms with Gasteiger partial charge in [0.05, 0.1) is 12.2 Å². The predicted octanol–water partition coefficient (Wildman–Crippen LogP) is 0.763. The van der Waals surface area contributed by atoms with Gasteiger partial charge in [0.25, 0.3) is 0 Å². The molecular weight excluding hydrogens is 321 g/mol. The van der Waals surface area contributed by atoms with Gasteiger partial charge in [-0.1, -0.05) is 0 Å². The average molecular weight is 349 g/mol. The molecule has 0 spiro atoms. The van der Waals surface area contributed by atoms with Crippen molar-refractivity contribution in [1.82, 2.24) is 14.7 Å². The van der Waals surface area contributed by atoms with E-state index in [1.807, 2.05) is 0 Å². The number of carbonyl (C=O) groups excluding carboxylic acids is 1. The first kappa shape index (κ1) is 18.1. The van der Waals surface area contributed by atoms with Crippen LogP contribution in [0.4, 0.5) is 15.8 Å². The fraction of sp³-hybridized carbons (Fsp3) is 0.611. The van der Waals surface area contributed by atoms with E-state index >= 15 is 0 Å². The molecule has 2 aliphatic heterocycles. The van der Waals surface area contributed by atoms with Crippen LogP contribution in [0.15, 0.2) is 18.2 Å². The quantitative estimate of drug-likeness (QED) is 0.870. The number of nitrogens with zero attached hydrogens (tertiary/aromatic N) is 4. The van der Waals surface area contributed by atoms with Gasteiger partial charge in [-0.3, -0.25) is 9.69 Å². The minimum atomic E-state index is -0.276. The van der Waals surface area contributed by atoms with E-state index in [4.69, 9.17) is 0 Å². The lowest BCUT2D eigenvalue weighted by Crippen LogP contribution is -2.47. The highest BCUT2D eigenvalue weighted by atomic mass is 19.1. The Labute approximate surface area is 149 Å². The van der Waals surface area contributed by atoms with Gasteiger partial charge >= 0.3 is 0 Å². The molecule has 1 aromatic rings. The summed E-state index contributed by atoms with van der Waals surface area (Å²) in [5.74, 6) is -0.363. The third-order valence-corrected chi connectivity index (χ3v) is 5.04. The summed E-state index contributed by atoms with van der Waals surface area (Å²) in [6.45, 7) is 7.59. The molecule has 1 aromatic carbocycles. The van der Waals surface area contributed by atoms with E-state index in [0.717, 1.165) is 52.4 Å². The first-order chi connectivity index (χ1) is 12.0. The number of hydrogen-bond acceptors (Lipinski definition) is 5. The van der Waals surface area contributed by atoms with Gasteiger partial charge in [0.1, 0.15) is 5.82 Å². The number of rotatable bonds is 4. The topological polar surface area (TPSA) is 42.1 Å². The summed E-state index contributed by atoms with van der Waals surface area (Å²) < 4.78 is 14.5. The maximum Gasteiger partial charge on any atom is 0.238 e. The highest BCUT2D eigenvalue weighted by Gasteiger charge is 2.19. The van der Waals surface area contributed by atoms with Crippen LogP contribution in [0.5, 0.6) is 0 Å². The molecule has 0 aliphatic carbocycles. The third kappa shape index (κ3) is 4.90. The van der Waals surface area contributed by atoms with E-state index < -0.39 is 0 Å². The third-order valence-electron chi connectivity index (χ3n) is 5.04. The van der Waals surface area contributed by atoms with E-state index in [1.54, 1.807) is 12.1 Å². The number of amides is 1. The lowest BCUT2D eigenvalue weighted by molar-refractivity contribution is -0.117. The molecule has 1 amide bonds. The molecule has 1 N–H and O–H groups in total. The molecule has 2 fully saturated rings. The van der Waals surface area contributed by atoms with Crippen molar-refractivity contribution in [2.24, 2.45) is 0 Å². The lowest BCUT2D eigenvalue weighted by atomic mass is 10.2. The molecule has 2 saturated heterocycles. The maximum absolute atomic E-state index is 14.5. The van der Waals surface area contributed by atoms with Gasteiger partial charge < -0.3 is 20.0 Å². The highest BCUT2D eigenvalue weighted by molar-refractivity contribution is 5.92. The van der Waals surface area contributed by atoms with Crippen LogP contribution in [-0.2, 0) is 4.79 Å². The molecule has 6 nitrogen and oxygen atoms in total. The summed E-state index contributed by atoms with van der Waals surface area (Å²) in [6.07, 6.45) is 0. The van der Waals surface area contributed by atoms with Gasteiger partial charge in [0.2, 0.25) is 5.91 Å². The van der Waals surface area contributed by atoms with Crippen molar-refractivity contribution in [2.45, 2.75) is 0 Å². The van der Waals surface area contributed by atoms with E-state index in [0.29, 0.717) is 17.9 Å². The normalized spacial score (nSPS) is 20.7. The van der Waals surface area contributed by atoms with Crippen LogP contribution >= 0.6 is 0 Å². The summed E-state index contributed by atoms with van der Waals surface area (Å²) >= 11 is 0. The first-order valence-corrected chi connectivity index (χ1v) is 8.95. The summed E-state index contributed by atoms with van der Waals surface area (Å²) in [6, 6.07) is 4.99. The van der Waals surface area contributed by atoms with Gasteiger partial charge in [0, 0.05) is 58.0 Å². The number of likely N-dealkylation sites (N-methyl/N-ethyl adjacent to an activating group) is 2. The van der Waals surface area contributed by atoms with Crippen LogP contribution in [0.1, 0.15) is 0 Å². The van der Waals surface area contributed by atoms with Crippen molar-refractivity contribution in [3.8, 4) is 0 Å². The van der Waals surface area contributed by atoms with Crippen LogP contribution in [0.3, 0.4) is 0 Å². The Hall–Kier alpha value is -1.70. The Kier molecular flexibility index (Phi) is 5.88. The van der Waals surface area contributed by atoms with E-state index in [-0.39, 0.29) is 11.7 Å². The minimum Gasteiger partial charge on any atom is -0.367 e. The van der Waals surface area contributed by atoms with E-state index in [2.05, 4.69) is 39.0 Å². The summed E-state index contributed by atoms with van der Waals surface area (Å²) in [5, 5.41) is 2.82. The highest BCUT2D eigenvalue weighted by Crippen LogP contribution is 2.24. The van der Waals surface area contributed by atoms with Crippen molar-refractivity contribution in [2.75, 3.05) is 83.2 Å². The molecule has 138 valence electrons. The van der Waals surface area contributed by atoms with Gasteiger partial charge in [-0.2, -0.15) is 0 Å². The Morgan fingerprint density at radius 2 is 1.60 bits per heavy atom. The molecular formula is C18H28FN5O. The molecule has 0 aromatic heterocycles. The van der Waals surface area contributed by atoms with Crippen molar-refractivity contribution in [3.05, 3.63) is 24.0 Å². The van der Waals surface area contributed by atoms with Crippen LogP contribution in [0, 0.1) is 5.82 Å². The number of benzene rings is 1. The molecule has 2 aliphatic rings. The van der Waals surface area contributed by atoms with E-state index in [1.165, 1.54) is 6.07 Å². The average Bonchev–Trinajstić information content (AvgIpc) is 2.58. The Morgan fingerprint density at radius 3 is 2.20 bits per heavy atom. The number of nitrogens with one attached hydrogen (secondary N) is 1. The Bertz CT molecular complexity index is 595. The molecule has 2 heterocycles. The predicted molar refractivity (Wildman–Crippen MR) is 98.7 cm³/mol. The zero-order valence-electron chi connectivity index (χ0n) is 15.2. The van der Waals surface area contributed by atoms with Gasteiger partial charge in [-0.05, 0) is 32.3 Å². The Morgan fingerprint density at radius 1 is 1.00 bits per heavy atom. The van der Waals surface area contributed by atoms with Gasteiger partial charge in [0.15, 0.2) is 0 Å². The second-order valence-electron chi connectivity index (χ2n) is 7.08. The second-order valence-corrected chi connectivity index (χ2v) is 7.08. The SMILES string of the molecule is CN1CCN(CC(=O)Nc2ccc(N3CCN(C)CC3)c(F)c2)CC1. The fourth-order valence-corrected chi connectivity index (χ4v) is 3.30. The van der Waals surface area contributed by atoms with E-state index in [9.17, 15) is 9.18 Å². The molecule has 0 atom stereocenters. The molecule has 0 bridgehead atoms. The fourth-order valence-electron chi connectivity index (χ4n) is 3.30. The number of carbonyl (C=O) groups is 1. The maximum atomic E-state index is 14.5. The Balaban J connectivity index is 1.54. The first-order valence-electron chi connectivity index (χ1n) is 8.95.